The summed E-state index contributed by atoms with van der Waals surface area (Å²) < 4.78 is 0. The maximum absolute atomic E-state index is 12.4. The van der Waals surface area contributed by atoms with Crippen molar-refractivity contribution in [1.82, 2.24) is 5.32 Å². The van der Waals surface area contributed by atoms with E-state index in [9.17, 15) is 20.1 Å². The van der Waals surface area contributed by atoms with Gasteiger partial charge in [0, 0.05) is 6.42 Å². The van der Waals surface area contributed by atoms with E-state index in [4.69, 9.17) is 0 Å². The molecule has 0 fully saturated rings. The van der Waals surface area contributed by atoms with Crippen LogP contribution in [0.3, 0.4) is 0 Å². The first-order chi connectivity index (χ1) is 22.1. The zero-order valence-corrected chi connectivity index (χ0v) is 30.0. The Kier molecular flexibility index (Phi) is 34.8. The third kappa shape index (κ3) is 31.2. The molecule has 0 aromatic rings. The number of aliphatic hydroxyl groups excluding tert-OH is 3. The predicted octanol–water partition coefficient (Wildman–Crippen LogP) is 10.7. The molecule has 0 heterocycles. The number of carbonyl (C=O) groups is 1. The monoisotopic (exact) mass is 636 g/mol. The van der Waals surface area contributed by atoms with Crippen molar-refractivity contribution < 1.29 is 20.1 Å². The minimum atomic E-state index is -1.14. The molecule has 0 bridgehead atoms. The van der Waals surface area contributed by atoms with Gasteiger partial charge >= 0.3 is 0 Å². The second kappa shape index (κ2) is 35.7. The number of hydrogen-bond donors (Lipinski definition) is 4. The molecular weight excluding hydrogens is 558 g/mol. The first-order valence-corrected chi connectivity index (χ1v) is 19.6. The molecule has 0 rings (SSSR count). The minimum absolute atomic E-state index is 0.157. The Morgan fingerprint density at radius 1 is 0.556 bits per heavy atom. The summed E-state index contributed by atoms with van der Waals surface area (Å²) in [6.45, 7) is 4.14. The van der Waals surface area contributed by atoms with Crippen LogP contribution in [-0.2, 0) is 4.79 Å². The van der Waals surface area contributed by atoms with Gasteiger partial charge in [-0.25, -0.2) is 0 Å². The fourth-order valence-corrected chi connectivity index (χ4v) is 5.98. The van der Waals surface area contributed by atoms with E-state index in [1.807, 2.05) is 0 Å². The molecule has 3 unspecified atom stereocenters. The van der Waals surface area contributed by atoms with Crippen LogP contribution < -0.4 is 5.32 Å². The molecular formula is C40H77NO4. The molecule has 3 atom stereocenters. The molecule has 0 aliphatic heterocycles. The zero-order chi connectivity index (χ0) is 33.1. The highest BCUT2D eigenvalue weighted by atomic mass is 16.3. The second-order valence-corrected chi connectivity index (χ2v) is 13.5. The predicted molar refractivity (Wildman–Crippen MR) is 195 cm³/mol. The number of aliphatic hydroxyl groups is 3. The molecule has 0 spiro atoms. The fourth-order valence-electron chi connectivity index (χ4n) is 5.98. The minimum Gasteiger partial charge on any atom is -0.394 e. The molecule has 0 aliphatic carbocycles. The first-order valence-electron chi connectivity index (χ1n) is 19.6. The number of rotatable bonds is 35. The number of amides is 1. The molecule has 0 aromatic carbocycles. The molecule has 0 radical (unpaired) electrons. The van der Waals surface area contributed by atoms with Gasteiger partial charge in [0.1, 0.15) is 6.10 Å². The number of carbonyl (C=O) groups excluding carboxylic acids is 1. The molecule has 0 aliphatic rings. The fraction of sp³-hybridized carbons (Fsp3) is 0.875. The van der Waals surface area contributed by atoms with Gasteiger partial charge in [-0.1, -0.05) is 179 Å². The summed E-state index contributed by atoms with van der Waals surface area (Å²) in [4.78, 5) is 12.4. The molecule has 45 heavy (non-hydrogen) atoms. The summed E-state index contributed by atoms with van der Waals surface area (Å²) in [5.74, 6) is -0.157. The number of hydrogen-bond acceptors (Lipinski definition) is 4. The van der Waals surface area contributed by atoms with Gasteiger partial charge < -0.3 is 20.6 Å². The molecule has 0 saturated carbocycles. The molecule has 0 aromatic heterocycles. The van der Waals surface area contributed by atoms with Gasteiger partial charge in [0.25, 0.3) is 0 Å². The summed E-state index contributed by atoms with van der Waals surface area (Å²) in [7, 11) is 0. The van der Waals surface area contributed by atoms with Crippen molar-refractivity contribution >= 4 is 5.91 Å². The maximum Gasteiger partial charge on any atom is 0.220 e. The summed E-state index contributed by atoms with van der Waals surface area (Å²) in [5.41, 5.74) is 0. The molecule has 5 heteroatoms. The van der Waals surface area contributed by atoms with Crippen LogP contribution in [0.2, 0.25) is 0 Å². The van der Waals surface area contributed by atoms with Crippen LogP contribution in [-0.4, -0.2) is 46.1 Å². The van der Waals surface area contributed by atoms with Gasteiger partial charge in [0.05, 0.1) is 18.8 Å². The topological polar surface area (TPSA) is 89.8 Å². The van der Waals surface area contributed by atoms with Gasteiger partial charge in [-0.3, -0.25) is 4.79 Å². The van der Waals surface area contributed by atoms with E-state index in [1.54, 1.807) is 0 Å². The highest BCUT2D eigenvalue weighted by molar-refractivity contribution is 5.76. The van der Waals surface area contributed by atoms with Crippen molar-refractivity contribution in [3.63, 3.8) is 0 Å². The molecule has 4 N–H and O–H groups in total. The van der Waals surface area contributed by atoms with Gasteiger partial charge in [-0.15, -0.1) is 0 Å². The van der Waals surface area contributed by atoms with E-state index in [0.717, 1.165) is 44.9 Å². The highest BCUT2D eigenvalue weighted by Gasteiger charge is 2.26. The Balaban J connectivity index is 3.69. The normalized spacial score (nSPS) is 14.0. The van der Waals surface area contributed by atoms with Crippen LogP contribution in [0.4, 0.5) is 0 Å². The lowest BCUT2D eigenvalue weighted by atomic mass is 9.99. The van der Waals surface area contributed by atoms with Crippen molar-refractivity contribution in [2.45, 2.75) is 218 Å². The average Bonchev–Trinajstić information content (AvgIpc) is 3.04. The van der Waals surface area contributed by atoms with Crippen LogP contribution in [0.1, 0.15) is 200 Å². The van der Waals surface area contributed by atoms with E-state index < -0.39 is 18.2 Å². The first kappa shape index (κ1) is 43.8. The van der Waals surface area contributed by atoms with E-state index >= 15 is 0 Å². The summed E-state index contributed by atoms with van der Waals surface area (Å²) in [6, 6.07) is -0.812. The second-order valence-electron chi connectivity index (χ2n) is 13.5. The number of unbranched alkanes of at least 4 members (excludes halogenated alkanes) is 24. The number of nitrogens with one attached hydrogen (secondary N) is 1. The van der Waals surface area contributed by atoms with Gasteiger partial charge in [0.15, 0.2) is 0 Å². The molecule has 1 amide bonds. The Bertz CT molecular complexity index is 665. The third-order valence-corrected chi connectivity index (χ3v) is 9.09. The maximum atomic E-state index is 12.4. The van der Waals surface area contributed by atoms with Crippen molar-refractivity contribution in [2.24, 2.45) is 0 Å². The average molecular weight is 636 g/mol. The van der Waals surface area contributed by atoms with E-state index in [-0.39, 0.29) is 12.5 Å². The lowest BCUT2D eigenvalue weighted by Crippen LogP contribution is -2.50. The quantitative estimate of drug-likeness (QED) is 0.0412. The van der Waals surface area contributed by atoms with Gasteiger partial charge in [-0.05, 0) is 38.5 Å². The van der Waals surface area contributed by atoms with E-state index in [1.165, 1.54) is 128 Å². The van der Waals surface area contributed by atoms with Crippen LogP contribution in [0.5, 0.6) is 0 Å². The van der Waals surface area contributed by atoms with Crippen molar-refractivity contribution in [3.05, 3.63) is 24.3 Å². The lowest BCUT2D eigenvalue weighted by molar-refractivity contribution is -0.124. The molecule has 0 saturated heterocycles. The van der Waals surface area contributed by atoms with Crippen molar-refractivity contribution in [2.75, 3.05) is 6.61 Å². The Morgan fingerprint density at radius 2 is 0.933 bits per heavy atom. The third-order valence-electron chi connectivity index (χ3n) is 9.09. The number of allylic oxidation sites excluding steroid dienone is 4. The molecule has 5 nitrogen and oxygen atoms in total. The van der Waals surface area contributed by atoms with Crippen LogP contribution in [0, 0.1) is 0 Å². The Hall–Kier alpha value is -1.17. The SMILES string of the molecule is CCCCC/C=C\C=C/CCCCCCCCC(=O)NC(CO)C(O)C(O)CCCCCCCCCCCCCCCCCC. The zero-order valence-electron chi connectivity index (χ0n) is 30.0. The highest BCUT2D eigenvalue weighted by Crippen LogP contribution is 2.16. The van der Waals surface area contributed by atoms with Crippen LogP contribution in [0.25, 0.3) is 0 Å². The summed E-state index contributed by atoms with van der Waals surface area (Å²) in [5, 5.41) is 33.4. The van der Waals surface area contributed by atoms with E-state index in [2.05, 4.69) is 43.5 Å². The molecule has 266 valence electrons. The largest absolute Gasteiger partial charge is 0.394 e. The summed E-state index contributed by atoms with van der Waals surface area (Å²) in [6.07, 6.45) is 41.2. The standard InChI is InChI=1S/C40H77NO4/c1-3-5-7-9-11-13-15-17-19-21-22-24-26-28-30-32-34-38(43)40(45)37(36-42)41-39(44)35-33-31-29-27-25-23-20-18-16-14-12-10-8-6-4-2/h12,14,16,18,37-38,40,42-43,45H,3-11,13,15,17,19-36H2,1-2H3,(H,41,44)/b14-12-,18-16-. The lowest BCUT2D eigenvalue weighted by Gasteiger charge is -2.26. The van der Waals surface area contributed by atoms with Crippen molar-refractivity contribution in [3.8, 4) is 0 Å². The smallest absolute Gasteiger partial charge is 0.220 e. The Morgan fingerprint density at radius 3 is 1.40 bits per heavy atom. The van der Waals surface area contributed by atoms with Crippen LogP contribution in [0.15, 0.2) is 24.3 Å². The van der Waals surface area contributed by atoms with Crippen LogP contribution >= 0.6 is 0 Å². The van der Waals surface area contributed by atoms with Crippen molar-refractivity contribution in [1.29, 1.82) is 0 Å². The Labute approximate surface area is 280 Å². The van der Waals surface area contributed by atoms with Gasteiger partial charge in [0.2, 0.25) is 5.91 Å². The summed E-state index contributed by atoms with van der Waals surface area (Å²) >= 11 is 0. The van der Waals surface area contributed by atoms with E-state index in [0.29, 0.717) is 12.8 Å². The van der Waals surface area contributed by atoms with Gasteiger partial charge in [-0.2, -0.15) is 0 Å².